The summed E-state index contributed by atoms with van der Waals surface area (Å²) in [5.41, 5.74) is 0.966. The topological polar surface area (TPSA) is 144 Å². The Morgan fingerprint density at radius 1 is 1.26 bits per heavy atom. The Morgan fingerprint density at radius 3 is 2.22 bits per heavy atom. The highest BCUT2D eigenvalue weighted by Crippen LogP contribution is 2.19. The lowest BCUT2D eigenvalue weighted by Crippen LogP contribution is -2.49. The average molecular weight is 401 g/mol. The molecule has 2 atom stereocenters. The van der Waals surface area contributed by atoms with Gasteiger partial charge >= 0.3 is 10.4 Å². The van der Waals surface area contributed by atoms with Gasteiger partial charge in [0.15, 0.2) is 0 Å². The number of carbonyl (C=O) groups is 3. The van der Waals surface area contributed by atoms with E-state index in [-0.39, 0.29) is 24.1 Å². The van der Waals surface area contributed by atoms with Crippen LogP contribution in [0.3, 0.4) is 0 Å². The molecule has 3 N–H and O–H groups in total. The molecule has 0 saturated carbocycles. The van der Waals surface area contributed by atoms with Crippen molar-refractivity contribution in [3.63, 3.8) is 0 Å². The van der Waals surface area contributed by atoms with Crippen LogP contribution in [0.1, 0.15) is 18.9 Å². The molecule has 1 fully saturated rings. The van der Waals surface area contributed by atoms with Gasteiger partial charge in [-0.3, -0.25) is 33.3 Å². The predicted molar refractivity (Wildman–Crippen MR) is 95.9 cm³/mol. The fraction of sp³-hybridized carbons (Fsp3) is 0.438. The molecule has 0 radical (unpaired) electrons. The van der Waals surface area contributed by atoms with Gasteiger partial charge in [-0.2, -0.15) is 8.42 Å². The lowest BCUT2D eigenvalue weighted by molar-refractivity contribution is -0.147. The van der Waals surface area contributed by atoms with Gasteiger partial charge in [-0.25, -0.2) is 0 Å². The van der Waals surface area contributed by atoms with Gasteiger partial charge in [0, 0.05) is 6.54 Å². The van der Waals surface area contributed by atoms with E-state index in [4.69, 9.17) is 17.5 Å². The third-order valence-corrected chi connectivity index (χ3v) is 3.86. The first-order chi connectivity index (χ1) is 12.4. The van der Waals surface area contributed by atoms with Gasteiger partial charge in [0.05, 0.1) is 12.5 Å². The summed E-state index contributed by atoms with van der Waals surface area (Å²) >= 11 is 0. The number of carbonyl (C=O) groups excluding carboxylic acids is 3. The molecule has 10 nitrogen and oxygen atoms in total. The Hall–Kier alpha value is -2.34. The SMILES string of the molecule is C[C@H](C(=O)NCc1ccccc1)N1C(=O)CC(N(C)C)C1=O.O=S(=O)(O)O. The molecule has 3 amide bonds. The van der Waals surface area contributed by atoms with Crippen LogP contribution in [0.25, 0.3) is 0 Å². The van der Waals surface area contributed by atoms with Gasteiger partial charge in [-0.1, -0.05) is 30.3 Å². The molecule has 1 aliphatic rings. The average Bonchev–Trinajstić information content (AvgIpc) is 2.86. The number of rotatable bonds is 5. The minimum absolute atomic E-state index is 0.127. The first-order valence-corrected chi connectivity index (χ1v) is 9.35. The second-order valence-electron chi connectivity index (χ2n) is 6.11. The molecule has 1 saturated heterocycles. The summed E-state index contributed by atoms with van der Waals surface area (Å²) in [6.07, 6.45) is 0.127. The Morgan fingerprint density at radius 2 is 1.78 bits per heavy atom. The van der Waals surface area contributed by atoms with Gasteiger partial charge < -0.3 is 5.32 Å². The van der Waals surface area contributed by atoms with Crippen molar-refractivity contribution in [2.75, 3.05) is 14.1 Å². The highest BCUT2D eigenvalue weighted by atomic mass is 32.3. The molecule has 150 valence electrons. The van der Waals surface area contributed by atoms with E-state index in [9.17, 15) is 14.4 Å². The Kier molecular flexibility index (Phi) is 8.03. The van der Waals surface area contributed by atoms with Crippen LogP contribution in [-0.2, 0) is 31.3 Å². The van der Waals surface area contributed by atoms with E-state index in [0.717, 1.165) is 10.5 Å². The zero-order valence-corrected chi connectivity index (χ0v) is 16.0. The van der Waals surface area contributed by atoms with E-state index < -0.39 is 22.5 Å². The summed E-state index contributed by atoms with van der Waals surface area (Å²) in [7, 11) is -1.17. The summed E-state index contributed by atoms with van der Waals surface area (Å²) in [6, 6.07) is 8.21. The van der Waals surface area contributed by atoms with Crippen LogP contribution < -0.4 is 5.32 Å². The van der Waals surface area contributed by atoms with Crippen molar-refractivity contribution in [1.82, 2.24) is 15.1 Å². The van der Waals surface area contributed by atoms with E-state index >= 15 is 0 Å². The molecule has 1 aromatic rings. The van der Waals surface area contributed by atoms with E-state index in [1.54, 1.807) is 25.9 Å². The van der Waals surface area contributed by atoms with Crippen LogP contribution >= 0.6 is 0 Å². The number of likely N-dealkylation sites (tertiary alicyclic amines) is 1. The summed E-state index contributed by atoms with van der Waals surface area (Å²) in [5, 5.41) is 2.76. The Labute approximate surface area is 157 Å². The van der Waals surface area contributed by atoms with Crippen LogP contribution in [0.5, 0.6) is 0 Å². The van der Waals surface area contributed by atoms with Gasteiger partial charge in [-0.05, 0) is 26.6 Å². The van der Waals surface area contributed by atoms with Crippen LogP contribution in [-0.4, -0.2) is 71.2 Å². The number of nitrogens with one attached hydrogen (secondary N) is 1. The molecule has 0 aromatic heterocycles. The monoisotopic (exact) mass is 401 g/mol. The van der Waals surface area contributed by atoms with Crippen LogP contribution in [0.2, 0.25) is 0 Å². The number of likely N-dealkylation sites (N-methyl/N-ethyl adjacent to an activating group) is 1. The minimum Gasteiger partial charge on any atom is -0.350 e. The molecule has 0 bridgehead atoms. The largest absolute Gasteiger partial charge is 0.394 e. The van der Waals surface area contributed by atoms with Crippen molar-refractivity contribution in [1.29, 1.82) is 0 Å². The summed E-state index contributed by atoms with van der Waals surface area (Å²) in [4.78, 5) is 39.3. The third-order valence-electron chi connectivity index (χ3n) is 3.86. The van der Waals surface area contributed by atoms with E-state index in [2.05, 4.69) is 5.32 Å². The minimum atomic E-state index is -4.67. The van der Waals surface area contributed by atoms with Crippen LogP contribution in [0.4, 0.5) is 0 Å². The maximum Gasteiger partial charge on any atom is 0.394 e. The molecular weight excluding hydrogens is 378 g/mol. The summed E-state index contributed by atoms with van der Waals surface area (Å²) in [6.45, 7) is 1.95. The third kappa shape index (κ3) is 7.43. The maximum absolute atomic E-state index is 12.3. The van der Waals surface area contributed by atoms with Crippen molar-refractivity contribution in [2.45, 2.75) is 32.0 Å². The lowest BCUT2D eigenvalue weighted by Gasteiger charge is -2.23. The normalized spacial score (nSPS) is 18.1. The van der Waals surface area contributed by atoms with E-state index in [1.165, 1.54) is 0 Å². The van der Waals surface area contributed by atoms with E-state index in [1.807, 2.05) is 30.3 Å². The Balaban J connectivity index is 0.000000646. The van der Waals surface area contributed by atoms with E-state index in [0.29, 0.717) is 6.54 Å². The highest BCUT2D eigenvalue weighted by molar-refractivity contribution is 7.79. The van der Waals surface area contributed by atoms with Crippen molar-refractivity contribution < 1.29 is 31.9 Å². The molecule has 0 aliphatic carbocycles. The molecule has 0 spiro atoms. The molecule has 1 aliphatic heterocycles. The molecule has 1 heterocycles. The molecule has 1 unspecified atom stereocenters. The molecule has 27 heavy (non-hydrogen) atoms. The maximum atomic E-state index is 12.3. The van der Waals surface area contributed by atoms with Gasteiger partial charge in [-0.15, -0.1) is 0 Å². The van der Waals surface area contributed by atoms with Crippen molar-refractivity contribution in [3.8, 4) is 0 Å². The van der Waals surface area contributed by atoms with Crippen LogP contribution in [0, 0.1) is 0 Å². The molecule has 11 heteroatoms. The smallest absolute Gasteiger partial charge is 0.350 e. The first-order valence-electron chi connectivity index (χ1n) is 7.95. The predicted octanol–water partition coefficient (Wildman–Crippen LogP) is -0.272. The fourth-order valence-electron chi connectivity index (χ4n) is 2.49. The van der Waals surface area contributed by atoms with Gasteiger partial charge in [0.25, 0.3) is 0 Å². The van der Waals surface area contributed by atoms with Crippen LogP contribution in [0.15, 0.2) is 30.3 Å². The number of benzene rings is 1. The molecular formula is C16H23N3O7S. The number of imide groups is 1. The number of nitrogens with zero attached hydrogens (tertiary/aromatic N) is 2. The van der Waals surface area contributed by atoms with Crippen molar-refractivity contribution in [2.24, 2.45) is 0 Å². The zero-order valence-electron chi connectivity index (χ0n) is 15.2. The number of amides is 3. The summed E-state index contributed by atoms with van der Waals surface area (Å²) < 4.78 is 31.6. The standard InChI is InChI=1S/C16H21N3O3.H2O4S/c1-11(15(21)17-10-12-7-5-4-6-8-12)19-14(20)9-13(16(19)22)18(2)3;1-5(2,3)4/h4-8,11,13H,9-10H2,1-3H3,(H,17,21);(H2,1,2,3,4)/t11-,13?;/m1./s1. The van der Waals surface area contributed by atoms with Crippen molar-refractivity contribution >= 4 is 28.1 Å². The number of hydrogen-bond acceptors (Lipinski definition) is 6. The second kappa shape index (κ2) is 9.55. The highest BCUT2D eigenvalue weighted by Gasteiger charge is 2.43. The lowest BCUT2D eigenvalue weighted by atomic mass is 10.2. The molecule has 2 rings (SSSR count). The quantitative estimate of drug-likeness (QED) is 0.452. The van der Waals surface area contributed by atoms with Gasteiger partial charge in [0.1, 0.15) is 6.04 Å². The van der Waals surface area contributed by atoms with Gasteiger partial charge in [0.2, 0.25) is 17.7 Å². The Bertz CT molecular complexity index is 772. The zero-order chi connectivity index (χ0) is 20.8. The molecule has 1 aromatic carbocycles. The summed E-state index contributed by atoms with van der Waals surface area (Å²) in [5.74, 6) is -0.937. The fourth-order valence-corrected chi connectivity index (χ4v) is 2.49. The van der Waals surface area contributed by atoms with Crippen molar-refractivity contribution in [3.05, 3.63) is 35.9 Å². The second-order valence-corrected chi connectivity index (χ2v) is 7.01. The number of hydrogen-bond donors (Lipinski definition) is 3. The first kappa shape index (κ1) is 22.7.